The summed E-state index contributed by atoms with van der Waals surface area (Å²) in [4.78, 5) is 17.3. The van der Waals surface area contributed by atoms with E-state index in [4.69, 9.17) is 0 Å². The molecule has 2 heterocycles. The maximum atomic E-state index is 12.4. The molecule has 0 unspecified atom stereocenters. The van der Waals surface area contributed by atoms with E-state index in [2.05, 4.69) is 35.2 Å². The predicted octanol–water partition coefficient (Wildman–Crippen LogP) is 2.59. The molecule has 0 N–H and O–H groups in total. The zero-order valence-corrected chi connectivity index (χ0v) is 13.9. The van der Waals surface area contributed by atoms with Crippen molar-refractivity contribution in [3.63, 3.8) is 0 Å². The molecule has 1 aromatic carbocycles. The molecule has 0 fully saturated rings. The number of hydrogen-bond acceptors (Lipinski definition) is 3. The van der Waals surface area contributed by atoms with E-state index in [1.54, 1.807) is 11.7 Å². The number of fused-ring (bicyclic) bond motifs is 1. The Morgan fingerprint density at radius 1 is 1.36 bits per heavy atom. The van der Waals surface area contributed by atoms with Crippen LogP contribution >= 0.6 is 11.3 Å². The van der Waals surface area contributed by atoms with Crippen LogP contribution in [0.5, 0.6) is 0 Å². The van der Waals surface area contributed by atoms with Gasteiger partial charge in [0, 0.05) is 25.9 Å². The zero-order chi connectivity index (χ0) is 15.9. The summed E-state index contributed by atoms with van der Waals surface area (Å²) in [5.41, 5.74) is 3.63. The van der Waals surface area contributed by atoms with Gasteiger partial charge < -0.3 is 4.57 Å². The molecular formula is C16H18N4OS. The van der Waals surface area contributed by atoms with E-state index >= 15 is 0 Å². The van der Waals surface area contributed by atoms with Crippen molar-refractivity contribution in [1.82, 2.24) is 14.3 Å². The van der Waals surface area contributed by atoms with Crippen LogP contribution in [-0.4, -0.2) is 20.3 Å². The average Bonchev–Trinajstić information content (AvgIpc) is 2.98. The largest absolute Gasteiger partial charge is 0.319 e. The Labute approximate surface area is 132 Å². The smallest absolute Gasteiger partial charge is 0.300 e. The Balaban J connectivity index is 2.11. The summed E-state index contributed by atoms with van der Waals surface area (Å²) in [5, 5.41) is 4.19. The van der Waals surface area contributed by atoms with Crippen molar-refractivity contribution in [3.05, 3.63) is 46.0 Å². The number of carbonyl (C=O) groups excluding carboxylic acids is 1. The summed E-state index contributed by atoms with van der Waals surface area (Å²) in [6, 6.07) is 6.36. The molecule has 0 atom stereocenters. The van der Waals surface area contributed by atoms with E-state index in [9.17, 15) is 4.79 Å². The van der Waals surface area contributed by atoms with Gasteiger partial charge in [0.15, 0.2) is 10.5 Å². The molecule has 0 aliphatic heterocycles. The van der Waals surface area contributed by atoms with Crippen LogP contribution in [0.4, 0.5) is 0 Å². The van der Waals surface area contributed by atoms with E-state index in [0.29, 0.717) is 10.5 Å². The topological polar surface area (TPSA) is 52.2 Å². The third-order valence-electron chi connectivity index (χ3n) is 3.69. The standard InChI is InChI=1S/C16H18N4OS/c1-5-11-6-7-12-13(8-11)22-16(20(12)4)17-15(21)14-10(2)9-19(3)18-14/h6-9H,5H2,1-4H3. The fraction of sp³-hybridized carbons (Fsp3) is 0.312. The zero-order valence-electron chi connectivity index (χ0n) is 13.1. The fourth-order valence-electron chi connectivity index (χ4n) is 2.46. The number of aromatic nitrogens is 3. The number of amides is 1. The highest BCUT2D eigenvalue weighted by molar-refractivity contribution is 7.16. The summed E-state index contributed by atoms with van der Waals surface area (Å²) >= 11 is 1.53. The van der Waals surface area contributed by atoms with E-state index in [0.717, 1.165) is 22.2 Å². The molecule has 3 aromatic rings. The number of rotatable bonds is 2. The summed E-state index contributed by atoms with van der Waals surface area (Å²) in [6.07, 6.45) is 2.82. The maximum absolute atomic E-state index is 12.4. The molecule has 0 bridgehead atoms. The number of thiazole rings is 1. The second-order valence-corrected chi connectivity index (χ2v) is 6.36. The van der Waals surface area contributed by atoms with Crippen LogP contribution in [-0.2, 0) is 20.5 Å². The minimum atomic E-state index is -0.295. The highest BCUT2D eigenvalue weighted by atomic mass is 32.1. The molecule has 5 nitrogen and oxygen atoms in total. The molecule has 2 aromatic heterocycles. The normalized spacial score (nSPS) is 12.3. The summed E-state index contributed by atoms with van der Waals surface area (Å²) in [5.74, 6) is -0.295. The van der Waals surface area contributed by atoms with Gasteiger partial charge in [0.2, 0.25) is 0 Å². The van der Waals surface area contributed by atoms with Crippen LogP contribution < -0.4 is 4.80 Å². The highest BCUT2D eigenvalue weighted by Gasteiger charge is 2.13. The molecule has 114 valence electrons. The molecule has 0 spiro atoms. The van der Waals surface area contributed by atoms with Gasteiger partial charge in [-0.05, 0) is 31.0 Å². The van der Waals surface area contributed by atoms with Crippen LogP contribution in [0.3, 0.4) is 0 Å². The number of aryl methyl sites for hydroxylation is 4. The van der Waals surface area contributed by atoms with E-state index in [1.807, 2.05) is 24.7 Å². The summed E-state index contributed by atoms with van der Waals surface area (Å²) in [7, 11) is 3.73. The molecule has 0 radical (unpaired) electrons. The second kappa shape index (κ2) is 5.53. The van der Waals surface area contributed by atoms with Gasteiger partial charge >= 0.3 is 0 Å². The monoisotopic (exact) mass is 314 g/mol. The minimum absolute atomic E-state index is 0.295. The predicted molar refractivity (Wildman–Crippen MR) is 88.0 cm³/mol. The third-order valence-corrected chi connectivity index (χ3v) is 4.79. The van der Waals surface area contributed by atoms with Crippen LogP contribution in [0, 0.1) is 6.92 Å². The average molecular weight is 314 g/mol. The van der Waals surface area contributed by atoms with Crippen molar-refractivity contribution >= 4 is 27.5 Å². The molecule has 6 heteroatoms. The first kappa shape index (κ1) is 14.7. The molecule has 22 heavy (non-hydrogen) atoms. The summed E-state index contributed by atoms with van der Waals surface area (Å²) in [6.45, 7) is 4.00. The number of hydrogen-bond donors (Lipinski definition) is 0. The first-order valence-electron chi connectivity index (χ1n) is 7.17. The van der Waals surface area contributed by atoms with Gasteiger partial charge in [0.1, 0.15) is 0 Å². The maximum Gasteiger partial charge on any atom is 0.300 e. The lowest BCUT2D eigenvalue weighted by molar-refractivity contribution is 0.0992. The SMILES string of the molecule is CCc1ccc2c(c1)sc(=NC(=O)c1nn(C)cc1C)n2C. The highest BCUT2D eigenvalue weighted by Crippen LogP contribution is 2.19. The van der Waals surface area contributed by atoms with Gasteiger partial charge in [-0.2, -0.15) is 10.1 Å². The molecule has 0 saturated carbocycles. The van der Waals surface area contributed by atoms with E-state index in [1.165, 1.54) is 16.9 Å². The lowest BCUT2D eigenvalue weighted by Crippen LogP contribution is -2.14. The minimum Gasteiger partial charge on any atom is -0.319 e. The Morgan fingerprint density at radius 3 is 2.77 bits per heavy atom. The van der Waals surface area contributed by atoms with Crippen LogP contribution in [0.15, 0.2) is 29.4 Å². The Hall–Kier alpha value is -2.21. The number of carbonyl (C=O) groups is 1. The Morgan fingerprint density at radius 2 is 2.14 bits per heavy atom. The summed E-state index contributed by atoms with van der Waals surface area (Å²) < 4.78 is 4.73. The van der Waals surface area contributed by atoms with Gasteiger partial charge in [0.05, 0.1) is 10.2 Å². The quantitative estimate of drug-likeness (QED) is 0.730. The number of benzene rings is 1. The van der Waals surface area contributed by atoms with Crippen molar-refractivity contribution in [1.29, 1.82) is 0 Å². The van der Waals surface area contributed by atoms with Crippen molar-refractivity contribution in [2.45, 2.75) is 20.3 Å². The van der Waals surface area contributed by atoms with Gasteiger partial charge in [0.25, 0.3) is 5.91 Å². The van der Waals surface area contributed by atoms with Gasteiger partial charge in [-0.25, -0.2) is 0 Å². The van der Waals surface area contributed by atoms with Gasteiger partial charge in [-0.3, -0.25) is 9.48 Å². The first-order valence-corrected chi connectivity index (χ1v) is 7.99. The lowest BCUT2D eigenvalue weighted by Gasteiger charge is -1.97. The van der Waals surface area contributed by atoms with Gasteiger partial charge in [-0.1, -0.05) is 24.3 Å². The Bertz CT molecular complexity index is 929. The number of nitrogens with zero attached hydrogens (tertiary/aromatic N) is 4. The first-order chi connectivity index (χ1) is 10.5. The molecular weight excluding hydrogens is 296 g/mol. The molecule has 3 rings (SSSR count). The molecule has 1 amide bonds. The van der Waals surface area contributed by atoms with Crippen LogP contribution in [0.25, 0.3) is 10.2 Å². The molecule has 0 aliphatic rings. The van der Waals surface area contributed by atoms with Crippen molar-refractivity contribution in [2.24, 2.45) is 19.1 Å². The third kappa shape index (κ3) is 2.50. The van der Waals surface area contributed by atoms with Crippen molar-refractivity contribution < 1.29 is 4.79 Å². The van der Waals surface area contributed by atoms with E-state index in [-0.39, 0.29) is 5.91 Å². The van der Waals surface area contributed by atoms with Crippen LogP contribution in [0.2, 0.25) is 0 Å². The van der Waals surface area contributed by atoms with Crippen LogP contribution in [0.1, 0.15) is 28.5 Å². The molecule has 0 saturated heterocycles. The second-order valence-electron chi connectivity index (χ2n) is 5.35. The molecule has 0 aliphatic carbocycles. The Kier molecular flexibility index (Phi) is 3.70. The lowest BCUT2D eigenvalue weighted by atomic mass is 10.2. The van der Waals surface area contributed by atoms with Crippen molar-refractivity contribution in [3.8, 4) is 0 Å². The fourth-order valence-corrected chi connectivity index (χ4v) is 3.54. The van der Waals surface area contributed by atoms with Gasteiger partial charge in [-0.15, -0.1) is 0 Å². The van der Waals surface area contributed by atoms with Crippen molar-refractivity contribution in [2.75, 3.05) is 0 Å². The van der Waals surface area contributed by atoms with E-state index < -0.39 is 0 Å².